The number of guanidine groups is 1. The quantitative estimate of drug-likeness (QED) is 0.338. The van der Waals surface area contributed by atoms with Crippen LogP contribution in [0.5, 0.6) is 0 Å². The zero-order valence-corrected chi connectivity index (χ0v) is 15.0. The third-order valence-corrected chi connectivity index (χ3v) is 3.06. The molecule has 0 amide bonds. The fourth-order valence-electron chi connectivity index (χ4n) is 1.59. The summed E-state index contributed by atoms with van der Waals surface area (Å²) in [5.74, 6) is 1.99. The van der Waals surface area contributed by atoms with Crippen LogP contribution in [-0.2, 0) is 6.54 Å². The molecule has 0 atom stereocenters. The SMILES string of the molecule is CCNC(=NCc1cccc(C)c1)NCCSC.I. The average Bonchev–Trinajstić information content (AvgIpc) is 2.36. The molecule has 0 radical (unpaired) electrons. The van der Waals surface area contributed by atoms with E-state index in [0.29, 0.717) is 0 Å². The third-order valence-electron chi connectivity index (χ3n) is 2.45. The van der Waals surface area contributed by atoms with Crippen LogP contribution in [0.25, 0.3) is 0 Å². The number of hydrogen-bond donors (Lipinski definition) is 2. The summed E-state index contributed by atoms with van der Waals surface area (Å²) < 4.78 is 0. The van der Waals surface area contributed by atoms with Gasteiger partial charge < -0.3 is 10.6 Å². The number of nitrogens with zero attached hydrogens (tertiary/aromatic N) is 1. The second kappa shape index (κ2) is 11.4. The molecule has 0 aliphatic carbocycles. The number of thioether (sulfide) groups is 1. The van der Waals surface area contributed by atoms with Gasteiger partial charge in [0.15, 0.2) is 5.96 Å². The highest BCUT2D eigenvalue weighted by Gasteiger charge is 1.97. The minimum atomic E-state index is 0. The number of rotatable bonds is 6. The summed E-state index contributed by atoms with van der Waals surface area (Å²) in [7, 11) is 0. The number of benzene rings is 1. The maximum absolute atomic E-state index is 4.58. The van der Waals surface area contributed by atoms with Gasteiger partial charge in [-0.15, -0.1) is 24.0 Å². The van der Waals surface area contributed by atoms with Crippen LogP contribution in [-0.4, -0.2) is 31.1 Å². The molecule has 0 spiro atoms. The normalized spacial score (nSPS) is 10.8. The van der Waals surface area contributed by atoms with Crippen LogP contribution in [0.4, 0.5) is 0 Å². The second-order valence-corrected chi connectivity index (χ2v) is 5.09. The molecule has 0 aliphatic rings. The van der Waals surface area contributed by atoms with Crippen LogP contribution < -0.4 is 10.6 Å². The third kappa shape index (κ3) is 8.36. The summed E-state index contributed by atoms with van der Waals surface area (Å²) in [6.07, 6.45) is 2.11. The molecule has 3 nitrogen and oxygen atoms in total. The number of hydrogen-bond acceptors (Lipinski definition) is 2. The molecule has 0 aliphatic heterocycles. The van der Waals surface area contributed by atoms with Crippen LogP contribution in [0.3, 0.4) is 0 Å². The lowest BCUT2D eigenvalue weighted by atomic mass is 10.1. The van der Waals surface area contributed by atoms with E-state index in [0.717, 1.165) is 31.3 Å². The van der Waals surface area contributed by atoms with Gasteiger partial charge in [-0.2, -0.15) is 11.8 Å². The van der Waals surface area contributed by atoms with Gasteiger partial charge in [0.2, 0.25) is 0 Å². The monoisotopic (exact) mass is 393 g/mol. The van der Waals surface area contributed by atoms with E-state index in [4.69, 9.17) is 0 Å². The van der Waals surface area contributed by atoms with E-state index in [9.17, 15) is 0 Å². The zero-order chi connectivity index (χ0) is 13.2. The van der Waals surface area contributed by atoms with Gasteiger partial charge in [0.05, 0.1) is 6.54 Å². The summed E-state index contributed by atoms with van der Waals surface area (Å²) in [6, 6.07) is 8.47. The summed E-state index contributed by atoms with van der Waals surface area (Å²) in [4.78, 5) is 4.58. The van der Waals surface area contributed by atoms with Gasteiger partial charge >= 0.3 is 0 Å². The Balaban J connectivity index is 0.00000324. The van der Waals surface area contributed by atoms with Crippen molar-refractivity contribution in [3.8, 4) is 0 Å². The molecule has 0 fully saturated rings. The Hall–Kier alpha value is -0.430. The minimum Gasteiger partial charge on any atom is -0.357 e. The van der Waals surface area contributed by atoms with Crippen molar-refractivity contribution in [3.63, 3.8) is 0 Å². The highest BCUT2D eigenvalue weighted by Crippen LogP contribution is 2.04. The van der Waals surface area contributed by atoms with Gasteiger partial charge in [-0.25, -0.2) is 4.99 Å². The van der Waals surface area contributed by atoms with Crippen molar-refractivity contribution in [2.24, 2.45) is 4.99 Å². The standard InChI is InChI=1S/C14H23N3S.HI/c1-4-15-14(16-8-9-18-3)17-11-13-7-5-6-12(2)10-13;/h5-7,10H,4,8-9,11H2,1-3H3,(H2,15,16,17);1H. The van der Waals surface area contributed by atoms with Crippen LogP contribution in [0.15, 0.2) is 29.3 Å². The van der Waals surface area contributed by atoms with Gasteiger partial charge in [-0.05, 0) is 25.7 Å². The molecule has 1 rings (SSSR count). The Morgan fingerprint density at radius 2 is 2.11 bits per heavy atom. The predicted octanol–water partition coefficient (Wildman–Crippen LogP) is 3.03. The first-order valence-electron chi connectivity index (χ1n) is 6.33. The summed E-state index contributed by atoms with van der Waals surface area (Å²) in [6.45, 7) is 6.74. The van der Waals surface area contributed by atoms with Crippen molar-refractivity contribution in [2.45, 2.75) is 20.4 Å². The van der Waals surface area contributed by atoms with Crippen LogP contribution in [0.2, 0.25) is 0 Å². The molecule has 1 aromatic rings. The maximum atomic E-state index is 4.58. The Morgan fingerprint density at radius 1 is 1.32 bits per heavy atom. The molecule has 0 saturated carbocycles. The van der Waals surface area contributed by atoms with E-state index in [-0.39, 0.29) is 24.0 Å². The van der Waals surface area contributed by atoms with Crippen molar-refractivity contribution in [1.82, 2.24) is 10.6 Å². The largest absolute Gasteiger partial charge is 0.357 e. The molecule has 0 unspecified atom stereocenters. The number of aryl methyl sites for hydroxylation is 1. The molecular formula is C14H24IN3S. The topological polar surface area (TPSA) is 36.4 Å². The average molecular weight is 393 g/mol. The van der Waals surface area contributed by atoms with Gasteiger partial charge in [0, 0.05) is 18.8 Å². The Bertz CT molecular complexity index is 383. The van der Waals surface area contributed by atoms with E-state index in [2.05, 4.69) is 60.0 Å². The summed E-state index contributed by atoms with van der Waals surface area (Å²) in [5.41, 5.74) is 2.53. The predicted molar refractivity (Wildman–Crippen MR) is 97.8 cm³/mol. The van der Waals surface area contributed by atoms with Crippen molar-refractivity contribution in [2.75, 3.05) is 25.1 Å². The van der Waals surface area contributed by atoms with Crippen LogP contribution >= 0.6 is 35.7 Å². The molecule has 0 saturated heterocycles. The molecule has 1 aromatic carbocycles. The number of aliphatic imine (C=N–C) groups is 1. The van der Waals surface area contributed by atoms with E-state index < -0.39 is 0 Å². The van der Waals surface area contributed by atoms with Crippen molar-refractivity contribution >= 4 is 41.7 Å². The minimum absolute atomic E-state index is 0. The Kier molecular flexibility index (Phi) is 11.1. The van der Waals surface area contributed by atoms with E-state index in [1.807, 2.05) is 11.8 Å². The fraction of sp³-hybridized carbons (Fsp3) is 0.500. The van der Waals surface area contributed by atoms with Gasteiger partial charge in [0.25, 0.3) is 0 Å². The van der Waals surface area contributed by atoms with Crippen LogP contribution in [0, 0.1) is 6.92 Å². The first kappa shape index (κ1) is 18.6. The molecule has 5 heteroatoms. The van der Waals surface area contributed by atoms with Crippen molar-refractivity contribution in [3.05, 3.63) is 35.4 Å². The number of halogens is 1. The van der Waals surface area contributed by atoms with Crippen LogP contribution in [0.1, 0.15) is 18.1 Å². The maximum Gasteiger partial charge on any atom is 0.191 e. The van der Waals surface area contributed by atoms with Gasteiger partial charge in [0.1, 0.15) is 0 Å². The highest BCUT2D eigenvalue weighted by atomic mass is 127. The van der Waals surface area contributed by atoms with Crippen molar-refractivity contribution < 1.29 is 0 Å². The summed E-state index contributed by atoms with van der Waals surface area (Å²) in [5, 5.41) is 6.58. The lowest BCUT2D eigenvalue weighted by Crippen LogP contribution is -2.38. The fourth-order valence-corrected chi connectivity index (χ4v) is 1.90. The first-order valence-corrected chi connectivity index (χ1v) is 7.72. The lowest BCUT2D eigenvalue weighted by molar-refractivity contribution is 0.843. The Labute approximate surface area is 138 Å². The first-order chi connectivity index (χ1) is 8.76. The van der Waals surface area contributed by atoms with Crippen molar-refractivity contribution in [1.29, 1.82) is 0 Å². The molecule has 0 heterocycles. The van der Waals surface area contributed by atoms with E-state index in [1.165, 1.54) is 11.1 Å². The smallest absolute Gasteiger partial charge is 0.191 e. The highest BCUT2D eigenvalue weighted by molar-refractivity contribution is 14.0. The number of nitrogens with one attached hydrogen (secondary N) is 2. The van der Waals surface area contributed by atoms with E-state index >= 15 is 0 Å². The van der Waals surface area contributed by atoms with E-state index in [1.54, 1.807) is 0 Å². The zero-order valence-electron chi connectivity index (χ0n) is 11.9. The molecule has 0 bridgehead atoms. The lowest BCUT2D eigenvalue weighted by Gasteiger charge is -2.10. The second-order valence-electron chi connectivity index (χ2n) is 4.10. The molecule has 2 N–H and O–H groups in total. The Morgan fingerprint density at radius 3 is 2.74 bits per heavy atom. The summed E-state index contributed by atoms with van der Waals surface area (Å²) >= 11 is 1.83. The molecular weight excluding hydrogens is 369 g/mol. The molecule has 19 heavy (non-hydrogen) atoms. The van der Waals surface area contributed by atoms with Gasteiger partial charge in [-0.3, -0.25) is 0 Å². The molecule has 0 aromatic heterocycles. The van der Waals surface area contributed by atoms with Gasteiger partial charge in [-0.1, -0.05) is 29.8 Å². The molecule has 108 valence electrons.